The summed E-state index contributed by atoms with van der Waals surface area (Å²) in [6, 6.07) is 8.64. The Bertz CT molecular complexity index is 690. The van der Waals surface area contributed by atoms with Gasteiger partial charge in [-0.15, -0.1) is 0 Å². The van der Waals surface area contributed by atoms with E-state index in [1.807, 2.05) is 0 Å². The van der Waals surface area contributed by atoms with E-state index in [0.717, 1.165) is 18.2 Å². The lowest BCUT2D eigenvalue weighted by atomic mass is 10.2. The molecule has 0 aliphatic rings. The van der Waals surface area contributed by atoms with E-state index in [-0.39, 0.29) is 10.6 Å². The second-order valence-corrected chi connectivity index (χ2v) is 4.15. The van der Waals surface area contributed by atoms with Crippen molar-refractivity contribution in [3.05, 3.63) is 69.0 Å². The number of rotatable bonds is 3. The zero-order valence-corrected chi connectivity index (χ0v) is 10.6. The zero-order chi connectivity index (χ0) is 14.7. The van der Waals surface area contributed by atoms with Crippen molar-refractivity contribution in [1.82, 2.24) is 0 Å². The highest BCUT2D eigenvalue weighted by Crippen LogP contribution is 2.29. The number of carbonyl (C=O) groups is 1. The highest BCUT2D eigenvalue weighted by atomic mass is 35.5. The SMILES string of the molecule is O=C(Oc1cc(F)ccc1[N+](=O)[O-])c1ccccc1Cl. The van der Waals surface area contributed by atoms with Gasteiger partial charge < -0.3 is 4.74 Å². The molecule has 0 atom stereocenters. The van der Waals surface area contributed by atoms with Crippen LogP contribution in [0.15, 0.2) is 42.5 Å². The normalized spacial score (nSPS) is 10.1. The fourth-order valence-electron chi connectivity index (χ4n) is 1.50. The summed E-state index contributed by atoms with van der Waals surface area (Å²) in [5.41, 5.74) is -0.473. The molecule has 0 saturated carbocycles. The first-order valence-corrected chi connectivity index (χ1v) is 5.77. The van der Waals surface area contributed by atoms with E-state index in [2.05, 4.69) is 0 Å². The van der Waals surface area contributed by atoms with E-state index in [4.69, 9.17) is 16.3 Å². The van der Waals surface area contributed by atoms with Crippen molar-refractivity contribution in [2.45, 2.75) is 0 Å². The third-order valence-corrected chi connectivity index (χ3v) is 2.74. The van der Waals surface area contributed by atoms with E-state index in [9.17, 15) is 19.3 Å². The summed E-state index contributed by atoms with van der Waals surface area (Å²) in [7, 11) is 0. The molecule has 2 aromatic rings. The van der Waals surface area contributed by atoms with Crippen LogP contribution in [0.3, 0.4) is 0 Å². The van der Waals surface area contributed by atoms with Crippen molar-refractivity contribution in [2.24, 2.45) is 0 Å². The van der Waals surface area contributed by atoms with Gasteiger partial charge in [-0.05, 0) is 18.2 Å². The number of hydrogen-bond acceptors (Lipinski definition) is 4. The lowest BCUT2D eigenvalue weighted by Crippen LogP contribution is -2.10. The molecular weight excluding hydrogens is 289 g/mol. The molecule has 0 fully saturated rings. The molecule has 0 radical (unpaired) electrons. The van der Waals surface area contributed by atoms with E-state index in [0.29, 0.717) is 0 Å². The van der Waals surface area contributed by atoms with Crippen molar-refractivity contribution < 1.29 is 18.8 Å². The maximum Gasteiger partial charge on any atom is 0.345 e. The molecular formula is C13H7ClFNO4. The number of benzene rings is 2. The van der Waals surface area contributed by atoms with Crippen molar-refractivity contribution >= 4 is 23.3 Å². The van der Waals surface area contributed by atoms with E-state index in [1.54, 1.807) is 12.1 Å². The molecule has 0 heterocycles. The number of carbonyl (C=O) groups excluding carboxylic acids is 1. The van der Waals surface area contributed by atoms with Crippen LogP contribution < -0.4 is 4.74 Å². The van der Waals surface area contributed by atoms with Crippen molar-refractivity contribution in [1.29, 1.82) is 0 Å². The predicted octanol–water partition coefficient (Wildman–Crippen LogP) is 3.61. The molecule has 7 heteroatoms. The maximum atomic E-state index is 13.1. The minimum atomic E-state index is -0.899. The summed E-state index contributed by atoms with van der Waals surface area (Å²) in [5, 5.41) is 10.9. The molecule has 0 saturated heterocycles. The number of halogens is 2. The van der Waals surface area contributed by atoms with Crippen molar-refractivity contribution in [3.63, 3.8) is 0 Å². The van der Waals surface area contributed by atoms with Gasteiger partial charge in [-0.1, -0.05) is 23.7 Å². The third-order valence-electron chi connectivity index (χ3n) is 2.41. The fraction of sp³-hybridized carbons (Fsp3) is 0. The number of nitro groups is 1. The van der Waals surface area contributed by atoms with Crippen LogP contribution in [0.25, 0.3) is 0 Å². The highest BCUT2D eigenvalue weighted by molar-refractivity contribution is 6.33. The molecule has 0 amide bonds. The lowest BCUT2D eigenvalue weighted by Gasteiger charge is -2.06. The van der Waals surface area contributed by atoms with Gasteiger partial charge >= 0.3 is 11.7 Å². The first-order valence-electron chi connectivity index (χ1n) is 5.39. The van der Waals surface area contributed by atoms with Gasteiger partial charge in [-0.2, -0.15) is 0 Å². The van der Waals surface area contributed by atoms with Gasteiger partial charge in [-0.3, -0.25) is 10.1 Å². The summed E-state index contributed by atoms with van der Waals surface area (Å²) in [5.74, 6) is -2.12. The monoisotopic (exact) mass is 295 g/mol. The standard InChI is InChI=1S/C13H7ClFNO4/c14-10-4-2-1-3-9(10)13(17)20-12-7-8(15)5-6-11(12)16(18)19/h1-7H. The van der Waals surface area contributed by atoms with Crippen molar-refractivity contribution in [2.75, 3.05) is 0 Å². The number of esters is 1. The Kier molecular flexibility index (Phi) is 3.95. The van der Waals surface area contributed by atoms with Gasteiger partial charge in [0.1, 0.15) is 5.82 Å². The molecule has 0 bridgehead atoms. The van der Waals surface area contributed by atoms with Crippen LogP contribution >= 0.6 is 11.6 Å². The first kappa shape index (κ1) is 14.0. The molecule has 0 aromatic heterocycles. The number of nitrogens with zero attached hydrogens (tertiary/aromatic N) is 1. The second-order valence-electron chi connectivity index (χ2n) is 3.74. The Hall–Kier alpha value is -2.47. The molecule has 0 aliphatic heterocycles. The number of nitro benzene ring substituents is 1. The minimum absolute atomic E-state index is 0.0349. The lowest BCUT2D eigenvalue weighted by molar-refractivity contribution is -0.385. The summed E-state index contributed by atoms with van der Waals surface area (Å²) >= 11 is 5.81. The van der Waals surface area contributed by atoms with Crippen LogP contribution in [0.2, 0.25) is 5.02 Å². The largest absolute Gasteiger partial charge is 0.415 e. The Morgan fingerprint density at radius 3 is 2.60 bits per heavy atom. The Labute approximate surface area is 117 Å². The summed E-state index contributed by atoms with van der Waals surface area (Å²) in [6.45, 7) is 0. The second kappa shape index (κ2) is 5.66. The maximum absolute atomic E-state index is 13.1. The smallest absolute Gasteiger partial charge is 0.345 e. The molecule has 102 valence electrons. The molecule has 2 rings (SSSR count). The van der Waals surface area contributed by atoms with Gasteiger partial charge in [0.15, 0.2) is 0 Å². The summed E-state index contributed by atoms with van der Waals surface area (Å²) in [4.78, 5) is 21.9. The number of ether oxygens (including phenoxy) is 1. The fourth-order valence-corrected chi connectivity index (χ4v) is 1.72. The van der Waals surface area contributed by atoms with Crippen LogP contribution in [0.4, 0.5) is 10.1 Å². The molecule has 20 heavy (non-hydrogen) atoms. The van der Waals surface area contributed by atoms with Gasteiger partial charge in [0.25, 0.3) is 0 Å². The van der Waals surface area contributed by atoms with Gasteiger partial charge in [-0.25, -0.2) is 9.18 Å². The van der Waals surface area contributed by atoms with E-state index in [1.165, 1.54) is 12.1 Å². The molecule has 0 spiro atoms. The minimum Gasteiger partial charge on any atom is -0.415 e. The van der Waals surface area contributed by atoms with E-state index < -0.39 is 28.1 Å². The Balaban J connectivity index is 2.35. The van der Waals surface area contributed by atoms with Gasteiger partial charge in [0, 0.05) is 12.1 Å². The molecule has 0 N–H and O–H groups in total. The zero-order valence-electron chi connectivity index (χ0n) is 9.88. The van der Waals surface area contributed by atoms with Crippen molar-refractivity contribution in [3.8, 4) is 5.75 Å². The Morgan fingerprint density at radius 1 is 1.25 bits per heavy atom. The average molecular weight is 296 g/mol. The highest BCUT2D eigenvalue weighted by Gasteiger charge is 2.20. The van der Waals surface area contributed by atoms with Crippen LogP contribution in [-0.4, -0.2) is 10.9 Å². The van der Waals surface area contributed by atoms with E-state index >= 15 is 0 Å². The van der Waals surface area contributed by atoms with Crippen LogP contribution in [0, 0.1) is 15.9 Å². The van der Waals surface area contributed by atoms with Gasteiger partial charge in [0.05, 0.1) is 15.5 Å². The average Bonchev–Trinajstić information content (AvgIpc) is 2.38. The van der Waals surface area contributed by atoms with Gasteiger partial charge in [0.2, 0.25) is 5.75 Å². The quantitative estimate of drug-likeness (QED) is 0.375. The molecule has 0 unspecified atom stereocenters. The van der Waals surface area contributed by atoms with Crippen LogP contribution in [-0.2, 0) is 0 Å². The molecule has 2 aromatic carbocycles. The van der Waals surface area contributed by atoms with Crippen LogP contribution in [0.5, 0.6) is 5.75 Å². The molecule has 0 aliphatic carbocycles. The number of hydrogen-bond donors (Lipinski definition) is 0. The summed E-state index contributed by atoms with van der Waals surface area (Å²) < 4.78 is 18.0. The topological polar surface area (TPSA) is 69.4 Å². The summed E-state index contributed by atoms with van der Waals surface area (Å²) in [6.07, 6.45) is 0. The third kappa shape index (κ3) is 2.92. The predicted molar refractivity (Wildman–Crippen MR) is 69.5 cm³/mol. The molecule has 5 nitrogen and oxygen atoms in total. The Morgan fingerprint density at radius 2 is 1.95 bits per heavy atom. The van der Waals surface area contributed by atoms with Crippen LogP contribution in [0.1, 0.15) is 10.4 Å². The first-order chi connectivity index (χ1) is 9.49.